The summed E-state index contributed by atoms with van der Waals surface area (Å²) in [6.45, 7) is 10.4. The number of hydrogen-bond donors (Lipinski definition) is 4. The van der Waals surface area contributed by atoms with E-state index in [0.29, 0.717) is 93.6 Å². The van der Waals surface area contributed by atoms with Crippen molar-refractivity contribution in [3.05, 3.63) is 106 Å². The van der Waals surface area contributed by atoms with E-state index in [2.05, 4.69) is 32.5 Å². The van der Waals surface area contributed by atoms with Crippen LogP contribution in [-0.2, 0) is 13.1 Å². The highest BCUT2D eigenvalue weighted by Gasteiger charge is 2.20. The predicted molar refractivity (Wildman–Crippen MR) is 205 cm³/mol. The average Bonchev–Trinajstić information content (AvgIpc) is 3.57. The van der Waals surface area contributed by atoms with Gasteiger partial charge in [-0.2, -0.15) is 0 Å². The Kier molecular flexibility index (Phi) is 13.4. The van der Waals surface area contributed by atoms with Crippen LogP contribution in [0.1, 0.15) is 50.9 Å². The van der Waals surface area contributed by atoms with E-state index in [1.165, 1.54) is 0 Å². The minimum absolute atomic E-state index is 0.358. The zero-order valence-corrected chi connectivity index (χ0v) is 31.0. The second kappa shape index (κ2) is 18.1. The van der Waals surface area contributed by atoms with Crippen LogP contribution in [0.15, 0.2) is 84.6 Å². The Hall–Kier alpha value is -4.48. The predicted octanol–water partition coefficient (Wildman–Crippen LogP) is 8.22. The molecule has 12 heteroatoms. The van der Waals surface area contributed by atoms with E-state index in [-0.39, 0.29) is 0 Å². The molecular weight excluding hydrogens is 685 g/mol. The molecule has 0 spiro atoms. The molecule has 268 valence electrons. The lowest BCUT2D eigenvalue weighted by Gasteiger charge is -2.15. The fraction of sp³-hybridized carbons (Fsp3) is 0.333. The molecule has 4 N–H and O–H groups in total. The minimum atomic E-state index is 0.358. The minimum Gasteiger partial charge on any atom is -0.512 e. The molecule has 1 aliphatic heterocycles. The van der Waals surface area contributed by atoms with Crippen molar-refractivity contribution in [2.75, 3.05) is 27.3 Å². The number of aromatic nitrogens is 4. The van der Waals surface area contributed by atoms with Crippen molar-refractivity contribution < 1.29 is 14.6 Å². The summed E-state index contributed by atoms with van der Waals surface area (Å²) in [5.41, 5.74) is 7.55. The fourth-order valence-electron chi connectivity index (χ4n) is 5.85. The first-order valence-electron chi connectivity index (χ1n) is 17.0. The number of aliphatic hydroxyl groups excluding tert-OH is 1. The Morgan fingerprint density at radius 2 is 1.47 bits per heavy atom. The summed E-state index contributed by atoms with van der Waals surface area (Å²) in [4.78, 5) is 18.9. The highest BCUT2D eigenvalue weighted by atomic mass is 35.5. The van der Waals surface area contributed by atoms with Crippen LogP contribution in [0.3, 0.4) is 0 Å². The van der Waals surface area contributed by atoms with Crippen LogP contribution in [0, 0.1) is 0 Å². The van der Waals surface area contributed by atoms with Gasteiger partial charge in [-0.05, 0) is 44.4 Å². The number of nitrogens with one attached hydrogen (secondary N) is 3. The molecule has 5 rings (SSSR count). The summed E-state index contributed by atoms with van der Waals surface area (Å²) in [5, 5.41) is 21.1. The molecule has 51 heavy (non-hydrogen) atoms. The third-order valence-corrected chi connectivity index (χ3v) is 9.52. The second-order valence-corrected chi connectivity index (χ2v) is 12.9. The van der Waals surface area contributed by atoms with Crippen LogP contribution in [0.2, 0.25) is 10.0 Å². The summed E-state index contributed by atoms with van der Waals surface area (Å²) < 4.78 is 11.2. The first-order valence-corrected chi connectivity index (χ1v) is 17.8. The number of ether oxygens (including phenoxy) is 2. The number of methoxy groups -OCH3 is 2. The number of allylic oxidation sites excluding steroid dienone is 4. The van der Waals surface area contributed by atoms with Crippen LogP contribution >= 0.6 is 23.2 Å². The largest absolute Gasteiger partial charge is 0.512 e. The van der Waals surface area contributed by atoms with E-state index in [1.54, 1.807) is 26.6 Å². The number of halogens is 2. The van der Waals surface area contributed by atoms with Gasteiger partial charge in [0, 0.05) is 60.0 Å². The molecule has 0 saturated carbocycles. The zero-order valence-electron chi connectivity index (χ0n) is 29.5. The van der Waals surface area contributed by atoms with Gasteiger partial charge in [0.1, 0.15) is 11.4 Å². The molecule has 0 bridgehead atoms. The van der Waals surface area contributed by atoms with Crippen LogP contribution in [-0.4, -0.2) is 58.4 Å². The zero-order chi connectivity index (χ0) is 36.3. The third kappa shape index (κ3) is 9.45. The maximum absolute atomic E-state index is 9.87. The van der Waals surface area contributed by atoms with Crippen molar-refractivity contribution in [1.29, 1.82) is 0 Å². The van der Waals surface area contributed by atoms with Gasteiger partial charge in [0.25, 0.3) is 0 Å². The topological polar surface area (TPSA) is 126 Å². The van der Waals surface area contributed by atoms with Crippen molar-refractivity contribution in [1.82, 2.24) is 35.9 Å². The molecule has 0 radical (unpaired) electrons. The van der Waals surface area contributed by atoms with Gasteiger partial charge in [-0.1, -0.05) is 79.2 Å². The van der Waals surface area contributed by atoms with Crippen LogP contribution < -0.4 is 25.4 Å². The highest BCUT2D eigenvalue weighted by Crippen LogP contribution is 2.42. The standard InChI is InChI=1S/C39H45Cl2N7O3/c1-6-25(18-27(49)7-2)16-17-42-20-34-38(50-4)47-32(22-44-34)30-12-8-10-28(36(30)40)29-11-9-13-31(37(29)41)33-23-45-35(39(48-33)51-5)21-43-19-26-15-14-24(3)46-26/h6,8-13,18,22-23,26,42-43,46,49H,3,7,14-17,19-21H2,1-2,4-5H3/b25-6-,27-18+/t26-/m0/s1. The van der Waals surface area contributed by atoms with Gasteiger partial charge >= 0.3 is 0 Å². The van der Waals surface area contributed by atoms with E-state index in [0.717, 1.165) is 48.2 Å². The maximum Gasteiger partial charge on any atom is 0.237 e. The van der Waals surface area contributed by atoms with Gasteiger partial charge in [0.05, 0.1) is 53.8 Å². The van der Waals surface area contributed by atoms with Crippen molar-refractivity contribution >= 4 is 23.2 Å². The van der Waals surface area contributed by atoms with Gasteiger partial charge < -0.3 is 30.5 Å². The Morgan fingerprint density at radius 3 is 1.96 bits per heavy atom. The Morgan fingerprint density at radius 1 is 0.922 bits per heavy atom. The quantitative estimate of drug-likeness (QED) is 0.0509. The van der Waals surface area contributed by atoms with Crippen LogP contribution in [0.25, 0.3) is 33.6 Å². The molecule has 4 aromatic rings. The summed E-state index contributed by atoms with van der Waals surface area (Å²) in [6, 6.07) is 11.8. The van der Waals surface area contributed by atoms with E-state index in [9.17, 15) is 5.11 Å². The van der Waals surface area contributed by atoms with Gasteiger partial charge in [-0.25, -0.2) is 9.97 Å². The number of hydrogen-bond acceptors (Lipinski definition) is 10. The van der Waals surface area contributed by atoms with Crippen molar-refractivity contribution in [3.63, 3.8) is 0 Å². The van der Waals surface area contributed by atoms with Crippen LogP contribution in [0.5, 0.6) is 11.8 Å². The molecular formula is C39H45Cl2N7O3. The number of aliphatic hydroxyl groups is 1. The molecule has 0 amide bonds. The summed E-state index contributed by atoms with van der Waals surface area (Å²) in [5.74, 6) is 1.21. The maximum atomic E-state index is 9.87. The van der Waals surface area contributed by atoms with E-state index >= 15 is 0 Å². The number of rotatable bonds is 16. The van der Waals surface area contributed by atoms with E-state index < -0.39 is 0 Å². The lowest BCUT2D eigenvalue weighted by atomic mass is 9.98. The molecule has 1 aliphatic rings. The average molecular weight is 731 g/mol. The molecule has 0 unspecified atom stereocenters. The van der Waals surface area contributed by atoms with E-state index in [1.807, 2.05) is 62.4 Å². The van der Waals surface area contributed by atoms with Gasteiger partial charge in [0.15, 0.2) is 0 Å². The Bertz CT molecular complexity index is 1910. The molecule has 1 fully saturated rings. The first kappa shape index (κ1) is 37.8. The monoisotopic (exact) mass is 729 g/mol. The fourth-order valence-corrected chi connectivity index (χ4v) is 6.50. The summed E-state index contributed by atoms with van der Waals surface area (Å²) >= 11 is 14.1. The van der Waals surface area contributed by atoms with Gasteiger partial charge in [-0.3, -0.25) is 9.97 Å². The van der Waals surface area contributed by atoms with Crippen molar-refractivity contribution in [2.45, 2.75) is 58.7 Å². The molecule has 1 saturated heterocycles. The molecule has 10 nitrogen and oxygen atoms in total. The Labute approximate surface area is 310 Å². The first-order chi connectivity index (χ1) is 24.8. The van der Waals surface area contributed by atoms with Gasteiger partial charge in [-0.15, -0.1) is 0 Å². The molecule has 2 aromatic heterocycles. The Balaban J connectivity index is 1.32. The molecule has 3 heterocycles. The molecule has 0 aliphatic carbocycles. The summed E-state index contributed by atoms with van der Waals surface area (Å²) in [7, 11) is 3.16. The van der Waals surface area contributed by atoms with Crippen molar-refractivity contribution in [2.24, 2.45) is 0 Å². The number of benzene rings is 2. The normalized spacial score (nSPS) is 14.9. The van der Waals surface area contributed by atoms with E-state index in [4.69, 9.17) is 42.6 Å². The SMILES string of the molecule is C=C1CC[C@@H](CNCc2ncc(-c3cccc(-c4cccc(-c5cnc(CNCCC(=C/C)/C=C(/O)CC)c(OC)n5)c4Cl)c3Cl)nc2OC)N1. The van der Waals surface area contributed by atoms with Gasteiger partial charge in [0.2, 0.25) is 11.8 Å². The number of nitrogens with zero attached hydrogens (tertiary/aromatic N) is 4. The highest BCUT2D eigenvalue weighted by molar-refractivity contribution is 6.39. The lowest BCUT2D eigenvalue weighted by Crippen LogP contribution is -2.33. The lowest BCUT2D eigenvalue weighted by molar-refractivity contribution is 0.386. The molecule has 2 aromatic carbocycles. The molecule has 1 atom stereocenters. The third-order valence-electron chi connectivity index (χ3n) is 8.70. The second-order valence-electron chi connectivity index (χ2n) is 12.2. The van der Waals surface area contributed by atoms with Crippen molar-refractivity contribution in [3.8, 4) is 45.4 Å². The summed E-state index contributed by atoms with van der Waals surface area (Å²) in [6.07, 6.45) is 10.6. The smallest absolute Gasteiger partial charge is 0.237 e. The van der Waals surface area contributed by atoms with Crippen LogP contribution in [0.4, 0.5) is 0 Å².